The van der Waals surface area contributed by atoms with Crippen molar-refractivity contribution >= 4 is 5.69 Å². The van der Waals surface area contributed by atoms with E-state index in [1.54, 1.807) is 0 Å². The van der Waals surface area contributed by atoms with E-state index in [-0.39, 0.29) is 12.6 Å². The van der Waals surface area contributed by atoms with Gasteiger partial charge in [-0.25, -0.2) is 0 Å². The summed E-state index contributed by atoms with van der Waals surface area (Å²) in [5.74, 6) is 0. The molecular weight excluding hydrogens is 228 g/mol. The molecule has 0 aromatic heterocycles. The monoisotopic (exact) mass is 250 g/mol. The number of aliphatic hydroxyl groups is 1. The number of nitrogens with two attached hydrogens (primary N) is 1. The van der Waals surface area contributed by atoms with E-state index in [9.17, 15) is 0 Å². The van der Waals surface area contributed by atoms with Crippen LogP contribution in [-0.2, 0) is 4.74 Å². The zero-order valence-electron chi connectivity index (χ0n) is 10.7. The van der Waals surface area contributed by atoms with Crippen LogP contribution in [0.5, 0.6) is 0 Å². The van der Waals surface area contributed by atoms with Crippen LogP contribution in [0, 0.1) is 0 Å². The molecule has 0 amide bonds. The largest absolute Gasteiger partial charge is 0.394 e. The van der Waals surface area contributed by atoms with Gasteiger partial charge in [0.25, 0.3) is 0 Å². The number of ether oxygens (including phenoxy) is 1. The first-order chi connectivity index (χ1) is 8.83. The minimum absolute atomic E-state index is 0.0848. The standard InChI is InChI=1S/C14H22N2O2/c15-13-5-3-7-16(8-10-18-11-9-17)14-6-2-1-4-12(13)14/h1-2,4,6,13,17H,3,5,7-11,15H2. The molecule has 18 heavy (non-hydrogen) atoms. The van der Waals surface area contributed by atoms with E-state index in [1.165, 1.54) is 11.3 Å². The molecule has 0 saturated heterocycles. The summed E-state index contributed by atoms with van der Waals surface area (Å²) in [5, 5.41) is 8.69. The van der Waals surface area contributed by atoms with Gasteiger partial charge in [0.1, 0.15) is 0 Å². The molecule has 1 aliphatic rings. The lowest BCUT2D eigenvalue weighted by Gasteiger charge is -2.25. The molecule has 3 N–H and O–H groups in total. The molecule has 0 fully saturated rings. The van der Waals surface area contributed by atoms with E-state index in [1.807, 2.05) is 6.07 Å². The van der Waals surface area contributed by atoms with Crippen molar-refractivity contribution in [3.05, 3.63) is 29.8 Å². The summed E-state index contributed by atoms with van der Waals surface area (Å²) >= 11 is 0. The molecule has 0 aliphatic carbocycles. The molecule has 4 heteroatoms. The van der Waals surface area contributed by atoms with E-state index in [0.29, 0.717) is 13.2 Å². The summed E-state index contributed by atoms with van der Waals surface area (Å²) in [4.78, 5) is 2.33. The topological polar surface area (TPSA) is 58.7 Å². The molecule has 2 rings (SSSR count). The maximum atomic E-state index is 8.69. The highest BCUT2D eigenvalue weighted by molar-refractivity contribution is 5.55. The van der Waals surface area contributed by atoms with Crippen LogP contribution >= 0.6 is 0 Å². The van der Waals surface area contributed by atoms with E-state index in [0.717, 1.165) is 25.9 Å². The Morgan fingerprint density at radius 3 is 3.00 bits per heavy atom. The van der Waals surface area contributed by atoms with Crippen molar-refractivity contribution in [1.29, 1.82) is 0 Å². The molecule has 0 saturated carbocycles. The van der Waals surface area contributed by atoms with Crippen LogP contribution in [0.15, 0.2) is 24.3 Å². The first kappa shape index (κ1) is 13.3. The van der Waals surface area contributed by atoms with Crippen LogP contribution in [-0.4, -0.2) is 38.0 Å². The third kappa shape index (κ3) is 3.22. The Balaban J connectivity index is 2.04. The van der Waals surface area contributed by atoms with Crippen molar-refractivity contribution in [3.8, 4) is 0 Å². The SMILES string of the molecule is NC1CCCN(CCOCCO)c2ccccc21. The number of fused-ring (bicyclic) bond motifs is 1. The highest BCUT2D eigenvalue weighted by Crippen LogP contribution is 2.30. The molecule has 0 radical (unpaired) electrons. The number of nitrogens with zero attached hydrogens (tertiary/aromatic N) is 1. The Morgan fingerprint density at radius 2 is 2.17 bits per heavy atom. The summed E-state index contributed by atoms with van der Waals surface area (Å²) in [6.45, 7) is 3.01. The average Bonchev–Trinajstić information content (AvgIpc) is 2.56. The van der Waals surface area contributed by atoms with Gasteiger partial charge >= 0.3 is 0 Å². The van der Waals surface area contributed by atoms with Crippen LogP contribution in [0.1, 0.15) is 24.4 Å². The Morgan fingerprint density at radius 1 is 1.33 bits per heavy atom. The normalized spacial score (nSPS) is 19.4. The fourth-order valence-electron chi connectivity index (χ4n) is 2.44. The lowest BCUT2D eigenvalue weighted by Crippen LogP contribution is -2.28. The molecule has 1 aliphatic heterocycles. The minimum Gasteiger partial charge on any atom is -0.394 e. The van der Waals surface area contributed by atoms with Crippen molar-refractivity contribution in [2.75, 3.05) is 37.8 Å². The van der Waals surface area contributed by atoms with Gasteiger partial charge in [0, 0.05) is 24.8 Å². The van der Waals surface area contributed by atoms with Gasteiger partial charge in [-0.2, -0.15) is 0 Å². The first-order valence-corrected chi connectivity index (χ1v) is 6.61. The van der Waals surface area contributed by atoms with Crippen molar-refractivity contribution in [3.63, 3.8) is 0 Å². The lowest BCUT2D eigenvalue weighted by molar-refractivity contribution is 0.0966. The molecule has 1 atom stereocenters. The fraction of sp³-hybridized carbons (Fsp3) is 0.571. The van der Waals surface area contributed by atoms with Gasteiger partial charge in [-0.15, -0.1) is 0 Å². The van der Waals surface area contributed by atoms with Crippen LogP contribution in [0.3, 0.4) is 0 Å². The number of hydrogen-bond donors (Lipinski definition) is 2. The van der Waals surface area contributed by atoms with Crippen LogP contribution < -0.4 is 10.6 Å². The molecule has 1 aromatic carbocycles. The Labute approximate surface area is 108 Å². The Hall–Kier alpha value is -1.10. The van der Waals surface area contributed by atoms with Gasteiger partial charge in [-0.05, 0) is 24.5 Å². The summed E-state index contributed by atoms with van der Waals surface area (Å²) in [7, 11) is 0. The highest BCUT2D eigenvalue weighted by Gasteiger charge is 2.19. The van der Waals surface area contributed by atoms with Crippen molar-refractivity contribution in [2.24, 2.45) is 5.73 Å². The fourth-order valence-corrected chi connectivity index (χ4v) is 2.44. The summed E-state index contributed by atoms with van der Waals surface area (Å²) in [6.07, 6.45) is 2.14. The van der Waals surface area contributed by atoms with Gasteiger partial charge in [-0.1, -0.05) is 18.2 Å². The second-order valence-electron chi connectivity index (χ2n) is 4.63. The summed E-state index contributed by atoms with van der Waals surface area (Å²) in [5.41, 5.74) is 8.66. The third-order valence-electron chi connectivity index (χ3n) is 3.36. The zero-order chi connectivity index (χ0) is 12.8. The molecule has 1 unspecified atom stereocenters. The van der Waals surface area contributed by atoms with E-state index >= 15 is 0 Å². The number of aliphatic hydroxyl groups excluding tert-OH is 1. The minimum atomic E-state index is 0.0848. The summed E-state index contributed by atoms with van der Waals surface area (Å²) in [6, 6.07) is 8.49. The molecule has 4 nitrogen and oxygen atoms in total. The van der Waals surface area contributed by atoms with E-state index in [4.69, 9.17) is 15.6 Å². The molecule has 100 valence electrons. The first-order valence-electron chi connectivity index (χ1n) is 6.61. The predicted octanol–water partition coefficient (Wildman–Crippen LogP) is 1.30. The zero-order valence-corrected chi connectivity index (χ0v) is 10.7. The van der Waals surface area contributed by atoms with Crippen molar-refractivity contribution < 1.29 is 9.84 Å². The number of hydrogen-bond acceptors (Lipinski definition) is 4. The highest BCUT2D eigenvalue weighted by atomic mass is 16.5. The lowest BCUT2D eigenvalue weighted by atomic mass is 10.0. The quantitative estimate of drug-likeness (QED) is 0.773. The molecule has 1 aromatic rings. The second kappa shape index (κ2) is 6.73. The van der Waals surface area contributed by atoms with Crippen molar-refractivity contribution in [1.82, 2.24) is 0 Å². The molecular formula is C14H22N2O2. The van der Waals surface area contributed by atoms with Crippen LogP contribution in [0.25, 0.3) is 0 Å². The van der Waals surface area contributed by atoms with Crippen LogP contribution in [0.2, 0.25) is 0 Å². The maximum absolute atomic E-state index is 8.69. The van der Waals surface area contributed by atoms with Gasteiger partial charge in [0.15, 0.2) is 0 Å². The number of anilines is 1. The number of rotatable bonds is 5. The van der Waals surface area contributed by atoms with Gasteiger partial charge in [0.05, 0.1) is 19.8 Å². The number of para-hydroxylation sites is 1. The molecule has 1 heterocycles. The average molecular weight is 250 g/mol. The van der Waals surface area contributed by atoms with Gasteiger partial charge in [-0.3, -0.25) is 0 Å². The third-order valence-corrected chi connectivity index (χ3v) is 3.36. The van der Waals surface area contributed by atoms with Gasteiger partial charge < -0.3 is 20.5 Å². The smallest absolute Gasteiger partial charge is 0.0698 e. The van der Waals surface area contributed by atoms with Crippen LogP contribution in [0.4, 0.5) is 5.69 Å². The summed E-state index contributed by atoms with van der Waals surface area (Å²) < 4.78 is 5.35. The van der Waals surface area contributed by atoms with E-state index < -0.39 is 0 Å². The molecule has 0 bridgehead atoms. The predicted molar refractivity (Wildman–Crippen MR) is 72.7 cm³/mol. The Kier molecular flexibility index (Phi) is 4.99. The number of benzene rings is 1. The maximum Gasteiger partial charge on any atom is 0.0698 e. The van der Waals surface area contributed by atoms with Gasteiger partial charge in [0.2, 0.25) is 0 Å². The second-order valence-corrected chi connectivity index (χ2v) is 4.63. The molecule has 0 spiro atoms. The van der Waals surface area contributed by atoms with E-state index in [2.05, 4.69) is 23.1 Å². The Bertz CT molecular complexity index is 371. The van der Waals surface area contributed by atoms with Crippen molar-refractivity contribution in [2.45, 2.75) is 18.9 Å².